The standard InChI is InChI=1S/C19H23N3OS/c23-18(17-5-12-24-14-17)21-10-1-6-19(15-21)7-2-11-22(19)13-16-3-8-20-9-4-16/h3-5,8-9,12,14H,1-2,6-7,10-11,13,15H2/t19-/m0/s1. The molecule has 0 saturated carbocycles. The molecule has 0 N–H and O–H groups in total. The van der Waals surface area contributed by atoms with Crippen molar-refractivity contribution in [2.45, 2.75) is 37.8 Å². The summed E-state index contributed by atoms with van der Waals surface area (Å²) in [4.78, 5) is 21.6. The summed E-state index contributed by atoms with van der Waals surface area (Å²) in [5.41, 5.74) is 2.32. The van der Waals surface area contributed by atoms with E-state index in [1.54, 1.807) is 11.3 Å². The number of rotatable bonds is 3. The summed E-state index contributed by atoms with van der Waals surface area (Å²) < 4.78 is 0. The Hall–Kier alpha value is -1.72. The monoisotopic (exact) mass is 341 g/mol. The summed E-state index contributed by atoms with van der Waals surface area (Å²) in [6.45, 7) is 3.85. The highest BCUT2D eigenvalue weighted by atomic mass is 32.1. The highest BCUT2D eigenvalue weighted by molar-refractivity contribution is 7.08. The number of piperidine rings is 1. The first-order chi connectivity index (χ1) is 11.8. The Morgan fingerprint density at radius 1 is 1.17 bits per heavy atom. The van der Waals surface area contributed by atoms with Crippen molar-refractivity contribution in [3.63, 3.8) is 0 Å². The smallest absolute Gasteiger partial charge is 0.254 e. The third-order valence-corrected chi connectivity index (χ3v) is 6.16. The van der Waals surface area contributed by atoms with Crippen molar-refractivity contribution in [1.82, 2.24) is 14.8 Å². The lowest BCUT2D eigenvalue weighted by Gasteiger charge is -2.46. The van der Waals surface area contributed by atoms with E-state index in [9.17, 15) is 4.79 Å². The maximum Gasteiger partial charge on any atom is 0.254 e. The van der Waals surface area contributed by atoms with Crippen LogP contribution in [0.15, 0.2) is 41.4 Å². The van der Waals surface area contributed by atoms with E-state index in [1.165, 1.54) is 24.8 Å². The van der Waals surface area contributed by atoms with Gasteiger partial charge in [-0.2, -0.15) is 11.3 Å². The van der Waals surface area contributed by atoms with Crippen molar-refractivity contribution in [1.29, 1.82) is 0 Å². The number of nitrogens with zero attached hydrogens (tertiary/aromatic N) is 3. The molecule has 4 heterocycles. The fraction of sp³-hybridized carbons (Fsp3) is 0.474. The second-order valence-electron chi connectivity index (χ2n) is 6.95. The fourth-order valence-corrected chi connectivity index (χ4v) is 4.90. The molecular weight excluding hydrogens is 318 g/mol. The van der Waals surface area contributed by atoms with E-state index >= 15 is 0 Å². The Morgan fingerprint density at radius 2 is 1.96 bits per heavy atom. The molecule has 24 heavy (non-hydrogen) atoms. The van der Waals surface area contributed by atoms with E-state index < -0.39 is 0 Å². The van der Waals surface area contributed by atoms with Gasteiger partial charge in [-0.15, -0.1) is 0 Å². The Kier molecular flexibility index (Phi) is 4.37. The third-order valence-electron chi connectivity index (χ3n) is 5.47. The van der Waals surface area contributed by atoms with Gasteiger partial charge in [0.1, 0.15) is 0 Å². The van der Waals surface area contributed by atoms with Crippen LogP contribution >= 0.6 is 11.3 Å². The van der Waals surface area contributed by atoms with Gasteiger partial charge >= 0.3 is 0 Å². The molecule has 1 amide bonds. The lowest BCUT2D eigenvalue weighted by molar-refractivity contribution is 0.0296. The topological polar surface area (TPSA) is 36.4 Å². The molecule has 126 valence electrons. The molecule has 2 fully saturated rings. The van der Waals surface area contributed by atoms with Crippen LogP contribution in [0, 0.1) is 0 Å². The number of aromatic nitrogens is 1. The minimum Gasteiger partial charge on any atom is -0.337 e. The molecule has 0 bridgehead atoms. The van der Waals surface area contributed by atoms with Crippen molar-refractivity contribution in [2.24, 2.45) is 0 Å². The molecule has 2 aliphatic rings. The van der Waals surface area contributed by atoms with Crippen LogP contribution < -0.4 is 0 Å². The molecule has 1 atom stereocenters. The molecule has 4 nitrogen and oxygen atoms in total. The Bertz CT molecular complexity index is 688. The molecule has 2 aliphatic heterocycles. The van der Waals surface area contributed by atoms with Crippen LogP contribution in [0.5, 0.6) is 0 Å². The van der Waals surface area contributed by atoms with Gasteiger partial charge in [-0.05, 0) is 61.4 Å². The van der Waals surface area contributed by atoms with E-state index in [0.29, 0.717) is 0 Å². The molecule has 0 unspecified atom stereocenters. The predicted octanol–water partition coefficient (Wildman–Crippen LogP) is 3.41. The number of amides is 1. The van der Waals surface area contributed by atoms with E-state index in [4.69, 9.17) is 0 Å². The molecule has 1 spiro atoms. The van der Waals surface area contributed by atoms with E-state index in [-0.39, 0.29) is 11.4 Å². The van der Waals surface area contributed by atoms with Gasteiger partial charge in [0.2, 0.25) is 0 Å². The first kappa shape index (κ1) is 15.8. The molecule has 2 saturated heterocycles. The number of hydrogen-bond acceptors (Lipinski definition) is 4. The maximum atomic E-state index is 12.8. The van der Waals surface area contributed by atoms with Crippen molar-refractivity contribution in [3.8, 4) is 0 Å². The van der Waals surface area contributed by atoms with Crippen LogP contribution in [-0.4, -0.2) is 45.9 Å². The first-order valence-corrected chi connectivity index (χ1v) is 9.67. The summed E-state index contributed by atoms with van der Waals surface area (Å²) in [6.07, 6.45) is 8.46. The zero-order valence-electron chi connectivity index (χ0n) is 13.9. The number of carbonyl (C=O) groups excluding carboxylic acids is 1. The van der Waals surface area contributed by atoms with Crippen LogP contribution in [0.25, 0.3) is 0 Å². The largest absolute Gasteiger partial charge is 0.337 e. The molecule has 2 aromatic heterocycles. The normalized spacial score (nSPS) is 24.6. The van der Waals surface area contributed by atoms with Crippen LogP contribution in [-0.2, 0) is 6.54 Å². The molecule has 0 aliphatic carbocycles. The van der Waals surface area contributed by atoms with Crippen LogP contribution in [0.2, 0.25) is 0 Å². The third kappa shape index (κ3) is 2.98. The van der Waals surface area contributed by atoms with E-state index in [2.05, 4.69) is 26.9 Å². The van der Waals surface area contributed by atoms with Gasteiger partial charge in [-0.1, -0.05) is 0 Å². The average Bonchev–Trinajstić information content (AvgIpc) is 3.27. The van der Waals surface area contributed by atoms with Crippen molar-refractivity contribution < 1.29 is 4.79 Å². The molecule has 5 heteroatoms. The van der Waals surface area contributed by atoms with Gasteiger partial charge in [0, 0.05) is 42.9 Å². The number of hydrogen-bond donors (Lipinski definition) is 0. The Balaban J connectivity index is 1.51. The van der Waals surface area contributed by atoms with Crippen LogP contribution in [0.3, 0.4) is 0 Å². The van der Waals surface area contributed by atoms with Gasteiger partial charge in [0.15, 0.2) is 0 Å². The van der Waals surface area contributed by atoms with Gasteiger partial charge < -0.3 is 4.90 Å². The number of thiophene rings is 1. The second kappa shape index (κ2) is 6.65. The van der Waals surface area contributed by atoms with E-state index in [1.807, 2.05) is 29.2 Å². The molecular formula is C19H23N3OS. The van der Waals surface area contributed by atoms with Gasteiger partial charge in [-0.25, -0.2) is 0 Å². The zero-order chi connectivity index (χ0) is 16.4. The summed E-state index contributed by atoms with van der Waals surface area (Å²) in [5.74, 6) is 0.200. The maximum absolute atomic E-state index is 12.8. The zero-order valence-corrected chi connectivity index (χ0v) is 14.7. The lowest BCUT2D eigenvalue weighted by atomic mass is 9.86. The molecule has 0 aromatic carbocycles. The van der Waals surface area contributed by atoms with Crippen LogP contribution in [0.1, 0.15) is 41.6 Å². The average molecular weight is 341 g/mol. The summed E-state index contributed by atoms with van der Waals surface area (Å²) in [7, 11) is 0. The molecule has 2 aromatic rings. The quantitative estimate of drug-likeness (QED) is 0.858. The highest BCUT2D eigenvalue weighted by Crippen LogP contribution is 2.38. The van der Waals surface area contributed by atoms with Gasteiger partial charge in [0.25, 0.3) is 5.91 Å². The summed E-state index contributed by atoms with van der Waals surface area (Å²) >= 11 is 1.59. The number of carbonyl (C=O) groups is 1. The Labute approximate surface area is 147 Å². The molecule has 0 radical (unpaired) electrons. The summed E-state index contributed by atoms with van der Waals surface area (Å²) in [6, 6.07) is 6.14. The van der Waals surface area contributed by atoms with Crippen molar-refractivity contribution in [3.05, 3.63) is 52.5 Å². The minimum atomic E-state index is 0.160. The first-order valence-electron chi connectivity index (χ1n) is 8.72. The minimum absolute atomic E-state index is 0.160. The predicted molar refractivity (Wildman–Crippen MR) is 96.1 cm³/mol. The Morgan fingerprint density at radius 3 is 2.71 bits per heavy atom. The second-order valence-corrected chi connectivity index (χ2v) is 7.73. The fourth-order valence-electron chi connectivity index (χ4n) is 4.27. The number of pyridine rings is 1. The summed E-state index contributed by atoms with van der Waals surface area (Å²) in [5, 5.41) is 3.95. The van der Waals surface area contributed by atoms with Gasteiger partial charge in [0.05, 0.1) is 5.56 Å². The SMILES string of the molecule is O=C(c1ccsc1)N1CCC[C@]2(CCCN2Cc2ccncc2)C1. The molecule has 4 rings (SSSR count). The van der Waals surface area contributed by atoms with Crippen molar-refractivity contribution >= 4 is 17.2 Å². The number of likely N-dealkylation sites (tertiary alicyclic amines) is 2. The van der Waals surface area contributed by atoms with Crippen molar-refractivity contribution in [2.75, 3.05) is 19.6 Å². The highest BCUT2D eigenvalue weighted by Gasteiger charge is 2.44. The van der Waals surface area contributed by atoms with Gasteiger partial charge in [-0.3, -0.25) is 14.7 Å². The van der Waals surface area contributed by atoms with E-state index in [0.717, 1.165) is 38.2 Å². The van der Waals surface area contributed by atoms with Crippen LogP contribution in [0.4, 0.5) is 0 Å². The lowest BCUT2D eigenvalue weighted by Crippen LogP contribution is -2.56.